The number of hydrogen-bond donors (Lipinski definition) is 3. The Morgan fingerprint density at radius 3 is 2.33 bits per heavy atom. The summed E-state index contributed by atoms with van der Waals surface area (Å²) >= 11 is 0. The number of halogens is 1. The number of anilines is 2. The van der Waals surface area contributed by atoms with Gasteiger partial charge >= 0.3 is 0 Å². The molecule has 0 bridgehead atoms. The van der Waals surface area contributed by atoms with Gasteiger partial charge in [-0.2, -0.15) is 0 Å². The predicted octanol–water partition coefficient (Wildman–Crippen LogP) is 3.26. The van der Waals surface area contributed by atoms with E-state index in [1.807, 2.05) is 18.2 Å². The van der Waals surface area contributed by atoms with Crippen LogP contribution in [0.1, 0.15) is 18.9 Å². The third-order valence-corrected chi connectivity index (χ3v) is 4.97. The molecule has 0 radical (unpaired) electrons. The summed E-state index contributed by atoms with van der Waals surface area (Å²) in [7, 11) is -1.60. The van der Waals surface area contributed by atoms with E-state index in [9.17, 15) is 8.42 Å². The number of sulfonamides is 1. The lowest BCUT2D eigenvalue weighted by molar-refractivity contribution is 0.606. The minimum Gasteiger partial charge on any atom is -0.372 e. The second kappa shape index (κ2) is 13.3. The fourth-order valence-electron chi connectivity index (χ4n) is 2.96. The molecule has 166 valence electrons. The van der Waals surface area contributed by atoms with E-state index in [2.05, 4.69) is 56.4 Å². The summed E-state index contributed by atoms with van der Waals surface area (Å²) in [6.07, 6.45) is 2.11. The third-order valence-electron chi connectivity index (χ3n) is 4.38. The highest BCUT2D eigenvalue weighted by molar-refractivity contribution is 14.0. The summed E-state index contributed by atoms with van der Waals surface area (Å²) in [6, 6.07) is 17.7. The third kappa shape index (κ3) is 9.21. The van der Waals surface area contributed by atoms with Crippen molar-refractivity contribution < 1.29 is 8.42 Å². The van der Waals surface area contributed by atoms with E-state index >= 15 is 0 Å². The molecular weight excluding hydrogens is 513 g/mol. The van der Waals surface area contributed by atoms with E-state index < -0.39 is 10.0 Å². The molecule has 0 atom stereocenters. The number of para-hydroxylation sites is 2. The summed E-state index contributed by atoms with van der Waals surface area (Å²) in [4.78, 5) is 6.58. The van der Waals surface area contributed by atoms with Crippen LogP contribution in [0.25, 0.3) is 0 Å². The van der Waals surface area contributed by atoms with Crippen molar-refractivity contribution in [2.75, 3.05) is 42.6 Å². The van der Waals surface area contributed by atoms with Gasteiger partial charge in [-0.25, -0.2) is 8.42 Å². The van der Waals surface area contributed by atoms with Crippen LogP contribution in [0.3, 0.4) is 0 Å². The normalized spacial score (nSPS) is 11.4. The fourth-order valence-corrected chi connectivity index (χ4v) is 3.56. The van der Waals surface area contributed by atoms with E-state index in [0.29, 0.717) is 18.2 Å². The summed E-state index contributed by atoms with van der Waals surface area (Å²) in [5, 5.41) is 6.55. The molecule has 0 fully saturated rings. The first-order valence-corrected chi connectivity index (χ1v) is 11.6. The van der Waals surface area contributed by atoms with E-state index in [0.717, 1.165) is 37.9 Å². The molecule has 0 saturated heterocycles. The lowest BCUT2D eigenvalue weighted by Gasteiger charge is -2.23. The van der Waals surface area contributed by atoms with Crippen LogP contribution in [0.2, 0.25) is 0 Å². The summed E-state index contributed by atoms with van der Waals surface area (Å²) in [6.45, 7) is 5.31. The van der Waals surface area contributed by atoms with E-state index in [4.69, 9.17) is 0 Å². The number of nitrogens with zero attached hydrogens (tertiary/aromatic N) is 2. The van der Waals surface area contributed by atoms with Gasteiger partial charge in [0.15, 0.2) is 5.96 Å². The Morgan fingerprint density at radius 2 is 1.70 bits per heavy atom. The maximum atomic E-state index is 11.5. The Kier molecular flexibility index (Phi) is 11.6. The van der Waals surface area contributed by atoms with Crippen LogP contribution in [0, 0.1) is 0 Å². The quantitative estimate of drug-likeness (QED) is 0.185. The van der Waals surface area contributed by atoms with Crippen molar-refractivity contribution in [2.45, 2.75) is 19.9 Å². The van der Waals surface area contributed by atoms with Gasteiger partial charge in [0, 0.05) is 38.9 Å². The number of rotatable bonds is 10. The molecule has 2 aromatic carbocycles. The molecule has 0 saturated carbocycles. The molecule has 2 aromatic rings. The SMILES string of the molecule is CCN(CCCNC(=NC)NCc1ccccc1NS(C)(=O)=O)c1ccccc1.I. The van der Waals surface area contributed by atoms with Crippen LogP contribution < -0.4 is 20.3 Å². The summed E-state index contributed by atoms with van der Waals surface area (Å²) < 4.78 is 25.6. The molecule has 30 heavy (non-hydrogen) atoms. The second-order valence-electron chi connectivity index (χ2n) is 6.65. The topological polar surface area (TPSA) is 85.8 Å². The van der Waals surface area contributed by atoms with Gasteiger partial charge in [-0.1, -0.05) is 36.4 Å². The number of benzene rings is 2. The van der Waals surface area contributed by atoms with Crippen molar-refractivity contribution in [1.82, 2.24) is 10.6 Å². The maximum absolute atomic E-state index is 11.5. The highest BCUT2D eigenvalue weighted by Gasteiger charge is 2.08. The number of guanidine groups is 1. The molecule has 0 heterocycles. The summed E-state index contributed by atoms with van der Waals surface area (Å²) in [5.74, 6) is 0.682. The van der Waals surface area contributed by atoms with E-state index in [1.54, 1.807) is 19.2 Å². The van der Waals surface area contributed by atoms with Gasteiger partial charge in [0.25, 0.3) is 0 Å². The molecule has 0 aliphatic rings. The fraction of sp³-hybridized carbons (Fsp3) is 0.381. The molecule has 0 spiro atoms. The Hall–Kier alpha value is -2.01. The number of nitrogens with one attached hydrogen (secondary N) is 3. The van der Waals surface area contributed by atoms with Crippen molar-refractivity contribution in [1.29, 1.82) is 0 Å². The standard InChI is InChI=1S/C21H31N5O2S.HI/c1-4-26(19-12-6-5-7-13-19)16-10-15-23-21(22-2)24-17-18-11-8-9-14-20(18)25-29(3,27)28;/h5-9,11-14,25H,4,10,15-17H2,1-3H3,(H2,22,23,24);1H. The Morgan fingerprint density at radius 1 is 1.03 bits per heavy atom. The average Bonchev–Trinajstić information content (AvgIpc) is 2.71. The van der Waals surface area contributed by atoms with Crippen LogP contribution in [-0.4, -0.2) is 47.3 Å². The molecule has 0 aliphatic carbocycles. The zero-order chi connectivity index (χ0) is 21.1. The molecule has 7 nitrogen and oxygen atoms in total. The second-order valence-corrected chi connectivity index (χ2v) is 8.40. The summed E-state index contributed by atoms with van der Waals surface area (Å²) in [5.41, 5.74) is 2.65. The average molecular weight is 545 g/mol. The maximum Gasteiger partial charge on any atom is 0.229 e. The number of hydrogen-bond acceptors (Lipinski definition) is 4. The van der Waals surface area contributed by atoms with Crippen LogP contribution >= 0.6 is 24.0 Å². The van der Waals surface area contributed by atoms with Gasteiger partial charge in [0.05, 0.1) is 11.9 Å². The monoisotopic (exact) mass is 545 g/mol. The van der Waals surface area contributed by atoms with Crippen LogP contribution in [0.5, 0.6) is 0 Å². The van der Waals surface area contributed by atoms with Gasteiger partial charge < -0.3 is 15.5 Å². The van der Waals surface area contributed by atoms with Crippen molar-refractivity contribution in [3.05, 3.63) is 60.2 Å². The molecule has 0 amide bonds. The lowest BCUT2D eigenvalue weighted by Crippen LogP contribution is -2.38. The first kappa shape index (κ1) is 26.0. The highest BCUT2D eigenvalue weighted by atomic mass is 127. The van der Waals surface area contributed by atoms with Crippen molar-refractivity contribution in [3.8, 4) is 0 Å². The van der Waals surface area contributed by atoms with E-state index in [-0.39, 0.29) is 24.0 Å². The molecule has 3 N–H and O–H groups in total. The Balaban J connectivity index is 0.00000450. The zero-order valence-corrected chi connectivity index (χ0v) is 20.9. The molecule has 0 aliphatic heterocycles. The van der Waals surface area contributed by atoms with Gasteiger partial charge in [0.1, 0.15) is 0 Å². The largest absolute Gasteiger partial charge is 0.372 e. The lowest BCUT2D eigenvalue weighted by atomic mass is 10.2. The van der Waals surface area contributed by atoms with Crippen LogP contribution in [0.15, 0.2) is 59.6 Å². The molecule has 9 heteroatoms. The van der Waals surface area contributed by atoms with Gasteiger partial charge in [-0.05, 0) is 37.1 Å². The first-order valence-electron chi connectivity index (χ1n) is 9.73. The first-order chi connectivity index (χ1) is 13.9. The Labute approximate surface area is 197 Å². The van der Waals surface area contributed by atoms with Crippen molar-refractivity contribution in [3.63, 3.8) is 0 Å². The van der Waals surface area contributed by atoms with Crippen LogP contribution in [0.4, 0.5) is 11.4 Å². The van der Waals surface area contributed by atoms with Gasteiger partial charge in [0.2, 0.25) is 10.0 Å². The van der Waals surface area contributed by atoms with E-state index in [1.165, 1.54) is 5.69 Å². The molecule has 0 aromatic heterocycles. The van der Waals surface area contributed by atoms with Crippen LogP contribution in [-0.2, 0) is 16.6 Å². The molecule has 2 rings (SSSR count). The smallest absolute Gasteiger partial charge is 0.229 e. The molecule has 0 unspecified atom stereocenters. The minimum absolute atomic E-state index is 0. The zero-order valence-electron chi connectivity index (χ0n) is 17.8. The van der Waals surface area contributed by atoms with Crippen molar-refractivity contribution >= 4 is 51.3 Å². The van der Waals surface area contributed by atoms with Gasteiger partial charge in [-0.15, -0.1) is 24.0 Å². The number of aliphatic imine (C=N–C) groups is 1. The van der Waals surface area contributed by atoms with Gasteiger partial charge in [-0.3, -0.25) is 9.71 Å². The molecular formula is C21H32IN5O2S. The Bertz CT molecular complexity index is 891. The highest BCUT2D eigenvalue weighted by Crippen LogP contribution is 2.16. The minimum atomic E-state index is -3.32. The predicted molar refractivity (Wildman–Crippen MR) is 137 cm³/mol. The van der Waals surface area contributed by atoms with Crippen molar-refractivity contribution in [2.24, 2.45) is 4.99 Å².